The summed E-state index contributed by atoms with van der Waals surface area (Å²) in [6.45, 7) is 4.74. The molecule has 1 fully saturated rings. The van der Waals surface area contributed by atoms with Crippen molar-refractivity contribution in [2.45, 2.75) is 19.1 Å². The third kappa shape index (κ3) is 5.65. The fourth-order valence-corrected chi connectivity index (χ4v) is 4.40. The van der Waals surface area contributed by atoms with Gasteiger partial charge in [-0.25, -0.2) is 23.7 Å². The molecule has 0 unspecified atom stereocenters. The molecule has 1 aliphatic rings. The Labute approximate surface area is 222 Å². The largest absolute Gasteiger partial charge is 0.487 e. The van der Waals surface area contributed by atoms with E-state index in [1.807, 2.05) is 0 Å². The molecule has 11 heteroatoms. The van der Waals surface area contributed by atoms with Crippen LogP contribution < -0.4 is 15.4 Å². The molecule has 0 spiro atoms. The van der Waals surface area contributed by atoms with Crippen molar-refractivity contribution < 1.29 is 18.3 Å². The smallest absolute Gasteiger partial charge is 0.246 e. The number of nitrogens with zero attached hydrogens (tertiary/aromatic N) is 4. The Balaban J connectivity index is 1.33. The molecule has 0 saturated carbocycles. The van der Waals surface area contributed by atoms with Crippen LogP contribution in [-0.4, -0.2) is 44.9 Å². The number of halogens is 3. The van der Waals surface area contributed by atoms with E-state index in [9.17, 15) is 9.18 Å². The molecule has 2 N–H and O–H groups in total. The van der Waals surface area contributed by atoms with E-state index in [0.717, 1.165) is 12.5 Å². The third-order valence-corrected chi connectivity index (χ3v) is 6.36. The number of nitrogens with one attached hydrogen (secondary N) is 2. The number of likely N-dealkylation sites (tertiary alicyclic amines) is 1. The number of pyridine rings is 1. The summed E-state index contributed by atoms with van der Waals surface area (Å²) in [5.74, 6) is -0.129. The van der Waals surface area contributed by atoms with Crippen molar-refractivity contribution in [3.05, 3.63) is 89.7 Å². The van der Waals surface area contributed by atoms with E-state index in [1.54, 1.807) is 29.2 Å². The zero-order chi connectivity index (χ0) is 26.6. The van der Waals surface area contributed by atoms with Gasteiger partial charge >= 0.3 is 0 Å². The molecule has 2 aromatic heterocycles. The number of anilines is 3. The second-order valence-electron chi connectivity index (χ2n) is 8.71. The average molecular weight is 537 g/mol. The van der Waals surface area contributed by atoms with Crippen LogP contribution in [0.4, 0.5) is 26.1 Å². The predicted octanol–water partition coefficient (Wildman–Crippen LogP) is 5.48. The lowest BCUT2D eigenvalue weighted by Gasteiger charge is -2.16. The fourth-order valence-electron chi connectivity index (χ4n) is 4.18. The van der Waals surface area contributed by atoms with Crippen LogP contribution in [0.25, 0.3) is 11.0 Å². The predicted molar refractivity (Wildman–Crippen MR) is 142 cm³/mol. The molecule has 3 heterocycles. The first-order valence-corrected chi connectivity index (χ1v) is 12.2. The summed E-state index contributed by atoms with van der Waals surface area (Å²) >= 11 is 6.35. The number of rotatable bonds is 8. The van der Waals surface area contributed by atoms with Gasteiger partial charge in [0, 0.05) is 25.2 Å². The highest BCUT2D eigenvalue weighted by Gasteiger charge is 2.25. The molecule has 0 radical (unpaired) electrons. The van der Waals surface area contributed by atoms with Crippen LogP contribution >= 0.6 is 11.6 Å². The molecule has 194 valence electrons. The van der Waals surface area contributed by atoms with E-state index in [4.69, 9.17) is 16.3 Å². The van der Waals surface area contributed by atoms with Gasteiger partial charge in [0.25, 0.3) is 0 Å². The van der Waals surface area contributed by atoms with Crippen molar-refractivity contribution in [3.8, 4) is 5.75 Å². The van der Waals surface area contributed by atoms with E-state index in [-0.39, 0.29) is 46.7 Å². The Morgan fingerprint density at radius 1 is 1.21 bits per heavy atom. The zero-order valence-electron chi connectivity index (χ0n) is 20.1. The van der Waals surface area contributed by atoms with Crippen molar-refractivity contribution >= 4 is 45.9 Å². The molecule has 8 nitrogen and oxygen atoms in total. The highest BCUT2D eigenvalue weighted by atomic mass is 35.5. The van der Waals surface area contributed by atoms with Gasteiger partial charge in [-0.05, 0) is 48.4 Å². The molecule has 5 rings (SSSR count). The van der Waals surface area contributed by atoms with Crippen LogP contribution in [0.5, 0.6) is 5.75 Å². The van der Waals surface area contributed by atoms with Gasteiger partial charge in [0.05, 0.1) is 16.2 Å². The maximum Gasteiger partial charge on any atom is 0.246 e. The molecule has 1 amide bonds. The highest BCUT2D eigenvalue weighted by Crippen LogP contribution is 2.33. The SMILES string of the molecule is C=CC(=O)N1CC[C@H](Nc2ccc3ncnc(Nc4cc(Cl)c(OCc5cccc(F)c5)cc4F)c3n2)C1. The van der Waals surface area contributed by atoms with Crippen molar-refractivity contribution in [3.63, 3.8) is 0 Å². The molecule has 1 aliphatic heterocycles. The summed E-state index contributed by atoms with van der Waals surface area (Å²) < 4.78 is 34.0. The Hall–Kier alpha value is -4.31. The van der Waals surface area contributed by atoms with Gasteiger partial charge in [0.1, 0.15) is 41.7 Å². The van der Waals surface area contributed by atoms with Crippen LogP contribution in [0.15, 0.2) is 67.5 Å². The van der Waals surface area contributed by atoms with Gasteiger partial charge < -0.3 is 20.3 Å². The lowest BCUT2D eigenvalue weighted by atomic mass is 10.2. The number of hydrogen-bond donors (Lipinski definition) is 2. The molecule has 0 bridgehead atoms. The monoisotopic (exact) mass is 536 g/mol. The summed E-state index contributed by atoms with van der Waals surface area (Å²) in [6, 6.07) is 12.1. The normalized spacial score (nSPS) is 14.9. The van der Waals surface area contributed by atoms with Crippen molar-refractivity contribution in [1.29, 1.82) is 0 Å². The minimum Gasteiger partial charge on any atom is -0.487 e. The fraction of sp³-hybridized carbons (Fsp3) is 0.185. The molecule has 4 aromatic rings. The second kappa shape index (κ2) is 11.0. The van der Waals surface area contributed by atoms with Crippen molar-refractivity contribution in [1.82, 2.24) is 19.9 Å². The Kier molecular flexibility index (Phi) is 7.32. The zero-order valence-corrected chi connectivity index (χ0v) is 20.9. The Morgan fingerprint density at radius 3 is 2.89 bits per heavy atom. The number of amides is 1. The number of hydrogen-bond acceptors (Lipinski definition) is 7. The molecule has 0 aliphatic carbocycles. The first-order chi connectivity index (χ1) is 18.4. The highest BCUT2D eigenvalue weighted by molar-refractivity contribution is 6.32. The summed E-state index contributed by atoms with van der Waals surface area (Å²) in [6.07, 6.45) is 3.43. The van der Waals surface area contributed by atoms with Crippen molar-refractivity contribution in [2.75, 3.05) is 23.7 Å². The number of carbonyl (C=O) groups excluding carboxylic acids is 1. The lowest BCUT2D eigenvalue weighted by molar-refractivity contribution is -0.125. The molecule has 1 atom stereocenters. The van der Waals surface area contributed by atoms with Gasteiger partial charge in [-0.15, -0.1) is 0 Å². The topological polar surface area (TPSA) is 92.3 Å². The summed E-state index contributed by atoms with van der Waals surface area (Å²) in [5.41, 5.74) is 1.65. The third-order valence-electron chi connectivity index (χ3n) is 6.07. The molecule has 1 saturated heterocycles. The summed E-state index contributed by atoms with van der Waals surface area (Å²) in [7, 11) is 0. The molecule has 38 heavy (non-hydrogen) atoms. The van der Waals surface area contributed by atoms with Crippen LogP contribution in [-0.2, 0) is 11.4 Å². The lowest BCUT2D eigenvalue weighted by Crippen LogP contribution is -2.30. The molecular weight excluding hydrogens is 514 g/mol. The number of carbonyl (C=O) groups is 1. The first-order valence-electron chi connectivity index (χ1n) is 11.8. The van der Waals surface area contributed by atoms with Crippen LogP contribution in [0.3, 0.4) is 0 Å². The number of fused-ring (bicyclic) bond motifs is 1. The van der Waals surface area contributed by atoms with Crippen molar-refractivity contribution in [2.24, 2.45) is 0 Å². The van der Waals surface area contributed by atoms with Gasteiger partial charge in [0.15, 0.2) is 5.82 Å². The second-order valence-corrected chi connectivity index (χ2v) is 9.12. The van der Waals surface area contributed by atoms with Crippen LogP contribution in [0.1, 0.15) is 12.0 Å². The minimum atomic E-state index is -0.623. The number of aromatic nitrogens is 3. The van der Waals surface area contributed by atoms with E-state index in [2.05, 4.69) is 32.2 Å². The van der Waals surface area contributed by atoms with E-state index < -0.39 is 5.82 Å². The van der Waals surface area contributed by atoms with Gasteiger partial charge in [-0.3, -0.25) is 4.79 Å². The Bertz CT molecular complexity index is 1520. The summed E-state index contributed by atoms with van der Waals surface area (Å²) in [5, 5.41) is 6.44. The van der Waals surface area contributed by atoms with E-state index in [0.29, 0.717) is 35.5 Å². The maximum atomic E-state index is 15.0. The van der Waals surface area contributed by atoms with Gasteiger partial charge in [0.2, 0.25) is 5.91 Å². The van der Waals surface area contributed by atoms with E-state index in [1.165, 1.54) is 30.6 Å². The number of benzene rings is 2. The standard InChI is InChI=1S/C27H23ClF2N6O2/c1-2-25(37)36-9-8-18(13-36)33-24-7-6-21-26(35-24)27(32-15-31-21)34-22-11-19(28)23(12-20(22)30)38-14-16-4-3-5-17(29)10-16/h2-7,10-12,15,18H,1,8-9,13-14H2,(H,33,35)(H,31,32,34)/t18-/m0/s1. The van der Waals surface area contributed by atoms with Gasteiger partial charge in [-0.1, -0.05) is 30.3 Å². The average Bonchev–Trinajstić information content (AvgIpc) is 3.38. The van der Waals surface area contributed by atoms with Crippen LogP contribution in [0, 0.1) is 11.6 Å². The van der Waals surface area contributed by atoms with Crippen LogP contribution in [0.2, 0.25) is 5.02 Å². The minimum absolute atomic E-state index is 0.0282. The first kappa shape index (κ1) is 25.3. The maximum absolute atomic E-state index is 15.0. The summed E-state index contributed by atoms with van der Waals surface area (Å²) in [4.78, 5) is 26.7. The quantitative estimate of drug-likeness (QED) is 0.288. The van der Waals surface area contributed by atoms with E-state index >= 15 is 4.39 Å². The molecule has 2 aromatic carbocycles. The molecular formula is C27H23ClF2N6O2. The van der Waals surface area contributed by atoms with Gasteiger partial charge in [-0.2, -0.15) is 0 Å². The Morgan fingerprint density at radius 2 is 2.08 bits per heavy atom. The number of ether oxygens (including phenoxy) is 1.